The lowest BCUT2D eigenvalue weighted by Gasteiger charge is -2.35. The number of halogens is 4. The van der Waals surface area contributed by atoms with Crippen LogP contribution in [-0.2, 0) is 16.2 Å². The largest absolute Gasteiger partial charge is 0.417 e. The molecule has 6 nitrogen and oxygen atoms in total. The van der Waals surface area contributed by atoms with Gasteiger partial charge in [0.25, 0.3) is 0 Å². The Kier molecular flexibility index (Phi) is 6.75. The fraction of sp³-hybridized carbons (Fsp3) is 0.667. The fourth-order valence-corrected chi connectivity index (χ4v) is 3.80. The maximum absolute atomic E-state index is 12.7. The minimum Gasteiger partial charge on any atom is -0.353 e. The van der Waals surface area contributed by atoms with Gasteiger partial charge in [0.1, 0.15) is 5.82 Å². The number of nitrogens with zero attached hydrogens (tertiary/aromatic N) is 4. The van der Waals surface area contributed by atoms with Gasteiger partial charge in [-0.15, -0.1) is 0 Å². The van der Waals surface area contributed by atoms with E-state index in [1.54, 1.807) is 0 Å². The molecule has 0 radical (unpaired) electrons. The summed E-state index contributed by atoms with van der Waals surface area (Å²) in [5.74, 6) is 0.432. The molecule has 1 aliphatic heterocycles. The highest BCUT2D eigenvalue weighted by molar-refractivity contribution is 7.89. The number of alkyl halides is 3. The van der Waals surface area contributed by atoms with Crippen molar-refractivity contribution in [2.45, 2.75) is 12.6 Å². The molecular weight excluding hydrogens is 393 g/mol. The zero-order chi connectivity index (χ0) is 19.5. The zero-order valence-corrected chi connectivity index (χ0v) is 16.2. The molecular formula is C15H22ClF3N4O2S. The van der Waals surface area contributed by atoms with Crippen LogP contribution >= 0.6 is 11.6 Å². The first-order chi connectivity index (χ1) is 12.0. The van der Waals surface area contributed by atoms with Crippen molar-refractivity contribution in [3.63, 3.8) is 0 Å². The summed E-state index contributed by atoms with van der Waals surface area (Å²) >= 11 is 5.98. The summed E-state index contributed by atoms with van der Waals surface area (Å²) in [6, 6.07) is 0.891. The van der Waals surface area contributed by atoms with Gasteiger partial charge in [0.2, 0.25) is 10.0 Å². The minimum absolute atomic E-state index is 0.0228. The van der Waals surface area contributed by atoms with Crippen molar-refractivity contribution in [3.8, 4) is 0 Å². The molecule has 1 fully saturated rings. The van der Waals surface area contributed by atoms with Gasteiger partial charge in [-0.05, 0) is 19.0 Å². The van der Waals surface area contributed by atoms with Gasteiger partial charge >= 0.3 is 6.18 Å². The number of sulfonamides is 1. The predicted octanol–water partition coefficient (Wildman–Crippen LogP) is 2.16. The second-order valence-electron chi connectivity index (χ2n) is 6.31. The van der Waals surface area contributed by atoms with Crippen molar-refractivity contribution < 1.29 is 21.6 Å². The lowest BCUT2D eigenvalue weighted by Crippen LogP contribution is -2.47. The molecule has 0 amide bonds. The Morgan fingerprint density at radius 3 is 2.35 bits per heavy atom. The van der Waals surface area contributed by atoms with E-state index in [4.69, 9.17) is 11.6 Å². The Hall–Kier alpha value is -1.10. The molecule has 0 atom stereocenters. The Labute approximate surface area is 156 Å². The average Bonchev–Trinajstić information content (AvgIpc) is 2.54. The molecule has 1 aromatic heterocycles. The number of piperazine rings is 1. The SMILES string of the molecule is CN(C)S(=O)(=O)CCCN1CCN(c2ncc(C(F)(F)F)cc2Cl)CC1. The average molecular weight is 415 g/mol. The van der Waals surface area contributed by atoms with Gasteiger partial charge in [-0.25, -0.2) is 17.7 Å². The second-order valence-corrected chi connectivity index (χ2v) is 9.02. The summed E-state index contributed by atoms with van der Waals surface area (Å²) in [6.07, 6.45) is -3.15. The molecule has 2 heterocycles. The summed E-state index contributed by atoms with van der Waals surface area (Å²) in [5, 5.41) is -0.0228. The van der Waals surface area contributed by atoms with Gasteiger partial charge in [0.05, 0.1) is 16.3 Å². The highest BCUT2D eigenvalue weighted by Crippen LogP contribution is 2.33. The standard InChI is InChI=1S/C15H22ClF3N4O2S/c1-21(2)26(24,25)9-3-4-22-5-7-23(8-6-22)14-13(16)10-12(11-20-14)15(17,18)19/h10-11H,3-9H2,1-2H3. The number of anilines is 1. The lowest BCUT2D eigenvalue weighted by molar-refractivity contribution is -0.137. The number of rotatable bonds is 6. The van der Waals surface area contributed by atoms with E-state index in [1.165, 1.54) is 18.4 Å². The molecule has 1 aromatic rings. The molecule has 0 spiro atoms. The molecule has 0 N–H and O–H groups in total. The first-order valence-corrected chi connectivity index (χ1v) is 10.1. The molecule has 26 heavy (non-hydrogen) atoms. The Bertz CT molecular complexity index is 720. The van der Waals surface area contributed by atoms with Gasteiger partial charge in [0, 0.05) is 46.5 Å². The molecule has 0 aliphatic carbocycles. The molecule has 0 saturated carbocycles. The van der Waals surface area contributed by atoms with Crippen molar-refractivity contribution >= 4 is 27.4 Å². The molecule has 2 rings (SSSR count). The van der Waals surface area contributed by atoms with Gasteiger partial charge in [-0.3, -0.25) is 4.90 Å². The summed E-state index contributed by atoms with van der Waals surface area (Å²) in [4.78, 5) is 7.85. The monoisotopic (exact) mass is 414 g/mol. The van der Waals surface area contributed by atoms with E-state index in [0.29, 0.717) is 45.0 Å². The highest BCUT2D eigenvalue weighted by Gasteiger charge is 2.32. The van der Waals surface area contributed by atoms with Crippen molar-refractivity contribution in [3.05, 3.63) is 22.8 Å². The molecule has 1 aliphatic rings. The van der Waals surface area contributed by atoms with Crippen LogP contribution in [-0.4, -0.2) is 75.2 Å². The first kappa shape index (κ1) is 21.2. The third-order valence-corrected chi connectivity index (χ3v) is 6.45. The van der Waals surface area contributed by atoms with Crippen molar-refractivity contribution in [1.82, 2.24) is 14.2 Å². The van der Waals surface area contributed by atoms with E-state index in [0.717, 1.165) is 12.3 Å². The van der Waals surface area contributed by atoms with Crippen LogP contribution in [0.3, 0.4) is 0 Å². The third kappa shape index (κ3) is 5.45. The number of pyridine rings is 1. The van der Waals surface area contributed by atoms with E-state index in [-0.39, 0.29) is 10.8 Å². The summed E-state index contributed by atoms with van der Waals surface area (Å²) in [5.41, 5.74) is -0.869. The molecule has 0 aromatic carbocycles. The van der Waals surface area contributed by atoms with Gasteiger partial charge in [0.15, 0.2) is 0 Å². The van der Waals surface area contributed by atoms with Crippen LogP contribution in [0.15, 0.2) is 12.3 Å². The fourth-order valence-electron chi connectivity index (χ4n) is 2.65. The van der Waals surface area contributed by atoms with Crippen LogP contribution in [0, 0.1) is 0 Å². The van der Waals surface area contributed by atoms with Crippen LogP contribution in [0.25, 0.3) is 0 Å². The quantitative estimate of drug-likeness (QED) is 0.714. The molecule has 0 bridgehead atoms. The normalized spacial score (nSPS) is 17.1. The van der Waals surface area contributed by atoms with Crippen LogP contribution in [0.2, 0.25) is 5.02 Å². The van der Waals surface area contributed by atoms with E-state index in [2.05, 4.69) is 9.88 Å². The molecule has 11 heteroatoms. The first-order valence-electron chi connectivity index (χ1n) is 8.11. The molecule has 1 saturated heterocycles. The number of hydrogen-bond donors (Lipinski definition) is 0. The van der Waals surface area contributed by atoms with E-state index in [1.807, 2.05) is 4.90 Å². The number of hydrogen-bond acceptors (Lipinski definition) is 5. The zero-order valence-electron chi connectivity index (χ0n) is 14.6. The van der Waals surface area contributed by atoms with Crippen molar-refractivity contribution in [2.24, 2.45) is 0 Å². The highest BCUT2D eigenvalue weighted by atomic mass is 35.5. The summed E-state index contributed by atoms with van der Waals surface area (Å²) in [7, 11) is -0.180. The van der Waals surface area contributed by atoms with E-state index in [9.17, 15) is 21.6 Å². The van der Waals surface area contributed by atoms with E-state index >= 15 is 0 Å². The summed E-state index contributed by atoms with van der Waals surface area (Å²) < 4.78 is 62.7. The molecule has 0 unspecified atom stereocenters. The van der Waals surface area contributed by atoms with Crippen molar-refractivity contribution in [1.29, 1.82) is 0 Å². The Morgan fingerprint density at radius 1 is 1.23 bits per heavy atom. The maximum Gasteiger partial charge on any atom is 0.417 e. The second kappa shape index (κ2) is 8.28. The lowest BCUT2D eigenvalue weighted by atomic mass is 10.2. The van der Waals surface area contributed by atoms with Crippen LogP contribution in [0.1, 0.15) is 12.0 Å². The van der Waals surface area contributed by atoms with Gasteiger partial charge in [-0.1, -0.05) is 11.6 Å². The van der Waals surface area contributed by atoms with Gasteiger partial charge < -0.3 is 4.90 Å². The van der Waals surface area contributed by atoms with Crippen molar-refractivity contribution in [2.75, 3.05) is 57.5 Å². The van der Waals surface area contributed by atoms with E-state index < -0.39 is 21.8 Å². The van der Waals surface area contributed by atoms with Crippen LogP contribution in [0.5, 0.6) is 0 Å². The number of aromatic nitrogens is 1. The topological polar surface area (TPSA) is 56.8 Å². The van der Waals surface area contributed by atoms with Crippen LogP contribution < -0.4 is 4.90 Å². The third-order valence-electron chi connectivity index (χ3n) is 4.25. The molecule has 148 valence electrons. The minimum atomic E-state index is -4.47. The summed E-state index contributed by atoms with van der Waals surface area (Å²) in [6.45, 7) is 3.12. The van der Waals surface area contributed by atoms with Crippen LogP contribution in [0.4, 0.5) is 19.0 Å². The van der Waals surface area contributed by atoms with Gasteiger partial charge in [-0.2, -0.15) is 13.2 Å². The predicted molar refractivity (Wildman–Crippen MR) is 95.0 cm³/mol. The Balaban J connectivity index is 1.87. The maximum atomic E-state index is 12.7. The Morgan fingerprint density at radius 2 is 1.85 bits per heavy atom. The smallest absolute Gasteiger partial charge is 0.353 e.